The van der Waals surface area contributed by atoms with Gasteiger partial charge in [0, 0.05) is 0 Å². The van der Waals surface area contributed by atoms with Crippen molar-refractivity contribution in [1.29, 1.82) is 0 Å². The van der Waals surface area contributed by atoms with Gasteiger partial charge in [-0.2, -0.15) is 0 Å². The third-order valence-corrected chi connectivity index (χ3v) is 9.73. The molecule has 0 aliphatic heterocycles. The molecule has 1 heteroatoms. The molecule has 9 aromatic carbocycles. The SMILES string of the molecule is CC(C)(C)c1c2ccccc2c(-c2ccc3ccc4c(-c5ccc6cc(F)ccc6c5)ccc5ccc2c3c54)c2ccccc12. The van der Waals surface area contributed by atoms with Crippen LogP contribution >= 0.6 is 0 Å². The van der Waals surface area contributed by atoms with Gasteiger partial charge in [0.05, 0.1) is 0 Å². The van der Waals surface area contributed by atoms with Gasteiger partial charge in [-0.1, -0.05) is 136 Å². The van der Waals surface area contributed by atoms with Gasteiger partial charge in [-0.25, -0.2) is 4.39 Å². The smallest absolute Gasteiger partial charge is 0.123 e. The molecular weight excluding hydrogens is 547 g/mol. The largest absolute Gasteiger partial charge is 0.207 e. The van der Waals surface area contributed by atoms with Gasteiger partial charge in [0.1, 0.15) is 5.82 Å². The van der Waals surface area contributed by atoms with E-state index in [9.17, 15) is 4.39 Å². The summed E-state index contributed by atoms with van der Waals surface area (Å²) in [5, 5.41) is 14.8. The van der Waals surface area contributed by atoms with Crippen LogP contribution in [0.4, 0.5) is 4.39 Å². The van der Waals surface area contributed by atoms with E-state index in [2.05, 4.69) is 130 Å². The van der Waals surface area contributed by atoms with Crippen LogP contribution in [0.25, 0.3) is 86.9 Å². The van der Waals surface area contributed by atoms with E-state index < -0.39 is 0 Å². The highest BCUT2D eigenvalue weighted by Crippen LogP contribution is 2.48. The van der Waals surface area contributed by atoms with Crippen molar-refractivity contribution < 1.29 is 4.39 Å². The van der Waals surface area contributed by atoms with E-state index in [0.29, 0.717) is 0 Å². The molecule has 0 bridgehead atoms. The summed E-state index contributed by atoms with van der Waals surface area (Å²) < 4.78 is 13.9. The molecule has 0 aromatic heterocycles. The zero-order valence-electron chi connectivity index (χ0n) is 25.6. The third-order valence-electron chi connectivity index (χ3n) is 9.73. The molecule has 9 rings (SSSR count). The van der Waals surface area contributed by atoms with Crippen LogP contribution in [0.5, 0.6) is 0 Å². The van der Waals surface area contributed by atoms with E-state index in [1.807, 2.05) is 12.1 Å². The number of halogens is 1. The van der Waals surface area contributed by atoms with Gasteiger partial charge in [-0.05, 0) is 116 Å². The quantitative estimate of drug-likeness (QED) is 0.141. The first-order chi connectivity index (χ1) is 21.9. The van der Waals surface area contributed by atoms with Crippen molar-refractivity contribution in [2.45, 2.75) is 26.2 Å². The van der Waals surface area contributed by atoms with E-state index >= 15 is 0 Å². The van der Waals surface area contributed by atoms with Gasteiger partial charge in [0.15, 0.2) is 0 Å². The van der Waals surface area contributed by atoms with Gasteiger partial charge in [0.2, 0.25) is 0 Å². The number of hydrogen-bond donors (Lipinski definition) is 0. The molecular formula is C44H31F. The van der Waals surface area contributed by atoms with Crippen LogP contribution in [0.1, 0.15) is 26.3 Å². The van der Waals surface area contributed by atoms with Crippen LogP contribution < -0.4 is 0 Å². The standard InChI is InChI=1S/C44H31F/c1-44(2,3)43-38-10-6-4-8-33(38)42(34-9-5-7-11-39(34)43)37-23-18-27-16-21-35-32(20-15-26-17-22-36(37)41(27)40(26)35)30-13-12-29-25-31(45)19-14-28(29)24-30/h4-25H,1-3H3. The number of fused-ring (bicyclic) bond motifs is 3. The molecule has 45 heavy (non-hydrogen) atoms. The highest BCUT2D eigenvalue weighted by Gasteiger charge is 2.24. The summed E-state index contributed by atoms with van der Waals surface area (Å²) in [6, 6.07) is 47.5. The maximum absolute atomic E-state index is 13.9. The number of rotatable bonds is 2. The van der Waals surface area contributed by atoms with Crippen LogP contribution in [-0.4, -0.2) is 0 Å². The topological polar surface area (TPSA) is 0 Å². The van der Waals surface area contributed by atoms with Crippen molar-refractivity contribution in [3.8, 4) is 22.3 Å². The molecule has 0 spiro atoms. The van der Waals surface area contributed by atoms with Crippen molar-refractivity contribution in [2.24, 2.45) is 0 Å². The molecule has 0 N–H and O–H groups in total. The minimum absolute atomic E-state index is 0.00623. The summed E-state index contributed by atoms with van der Waals surface area (Å²) in [4.78, 5) is 0. The predicted octanol–water partition coefficient (Wildman–Crippen LogP) is 12.8. The lowest BCUT2D eigenvalue weighted by Gasteiger charge is -2.26. The van der Waals surface area contributed by atoms with Gasteiger partial charge in [-0.3, -0.25) is 0 Å². The summed E-state index contributed by atoms with van der Waals surface area (Å²) in [5.74, 6) is -0.206. The first-order valence-corrected chi connectivity index (χ1v) is 15.7. The van der Waals surface area contributed by atoms with E-state index in [4.69, 9.17) is 0 Å². The Hall–Kier alpha value is -5.27. The van der Waals surface area contributed by atoms with E-state index in [1.165, 1.54) is 76.1 Å². The molecule has 0 saturated carbocycles. The van der Waals surface area contributed by atoms with Crippen molar-refractivity contribution >= 4 is 64.6 Å². The van der Waals surface area contributed by atoms with Crippen LogP contribution in [0, 0.1) is 5.82 Å². The van der Waals surface area contributed by atoms with Gasteiger partial charge < -0.3 is 0 Å². The van der Waals surface area contributed by atoms with Crippen LogP contribution in [-0.2, 0) is 5.41 Å². The molecule has 0 aliphatic carbocycles. The zero-order chi connectivity index (χ0) is 30.4. The van der Waals surface area contributed by atoms with Gasteiger partial charge in [0.25, 0.3) is 0 Å². The Morgan fingerprint density at radius 1 is 0.422 bits per heavy atom. The fraction of sp³-hybridized carbons (Fsp3) is 0.0909. The van der Waals surface area contributed by atoms with Gasteiger partial charge in [-0.15, -0.1) is 0 Å². The summed E-state index contributed by atoms with van der Waals surface area (Å²) in [7, 11) is 0. The Kier molecular flexibility index (Phi) is 5.44. The molecule has 0 saturated heterocycles. The molecule has 0 amide bonds. The molecule has 0 atom stereocenters. The Bertz CT molecular complexity index is 2580. The zero-order valence-corrected chi connectivity index (χ0v) is 25.6. The minimum atomic E-state index is -0.206. The molecule has 214 valence electrons. The predicted molar refractivity (Wildman–Crippen MR) is 192 cm³/mol. The van der Waals surface area contributed by atoms with Crippen molar-refractivity contribution in [2.75, 3.05) is 0 Å². The van der Waals surface area contributed by atoms with Crippen molar-refractivity contribution in [3.63, 3.8) is 0 Å². The lowest BCUT2D eigenvalue weighted by molar-refractivity contribution is 0.601. The van der Waals surface area contributed by atoms with Gasteiger partial charge >= 0.3 is 0 Å². The lowest BCUT2D eigenvalue weighted by Crippen LogP contribution is -2.13. The Morgan fingerprint density at radius 2 is 0.911 bits per heavy atom. The summed E-state index contributed by atoms with van der Waals surface area (Å²) in [6.07, 6.45) is 0. The summed E-state index contributed by atoms with van der Waals surface area (Å²) in [5.41, 5.74) is 6.30. The molecule has 0 nitrogen and oxygen atoms in total. The first kappa shape index (κ1) is 26.2. The molecule has 0 heterocycles. The summed E-state index contributed by atoms with van der Waals surface area (Å²) in [6.45, 7) is 6.97. The van der Waals surface area contributed by atoms with Crippen molar-refractivity contribution in [3.05, 3.63) is 145 Å². The van der Waals surface area contributed by atoms with Crippen molar-refractivity contribution in [1.82, 2.24) is 0 Å². The Balaban J connectivity index is 1.38. The normalized spacial score (nSPS) is 12.4. The minimum Gasteiger partial charge on any atom is -0.207 e. The van der Waals surface area contributed by atoms with Crippen LogP contribution in [0.3, 0.4) is 0 Å². The average molecular weight is 579 g/mol. The first-order valence-electron chi connectivity index (χ1n) is 15.7. The molecule has 0 fully saturated rings. The average Bonchev–Trinajstić information content (AvgIpc) is 3.05. The highest BCUT2D eigenvalue weighted by molar-refractivity contribution is 6.29. The molecule has 0 radical (unpaired) electrons. The van der Waals surface area contributed by atoms with E-state index in [0.717, 1.165) is 16.3 Å². The molecule has 0 aliphatic rings. The monoisotopic (exact) mass is 578 g/mol. The van der Waals surface area contributed by atoms with E-state index in [1.54, 1.807) is 12.1 Å². The lowest BCUT2D eigenvalue weighted by atomic mass is 9.77. The Labute approximate surface area is 261 Å². The molecule has 0 unspecified atom stereocenters. The second-order valence-corrected chi connectivity index (χ2v) is 13.4. The maximum atomic E-state index is 13.9. The third kappa shape index (κ3) is 3.83. The summed E-state index contributed by atoms with van der Waals surface area (Å²) >= 11 is 0. The second kappa shape index (κ2) is 9.36. The number of hydrogen-bond acceptors (Lipinski definition) is 0. The second-order valence-electron chi connectivity index (χ2n) is 13.4. The highest BCUT2D eigenvalue weighted by atomic mass is 19.1. The van der Waals surface area contributed by atoms with Crippen LogP contribution in [0.15, 0.2) is 133 Å². The fourth-order valence-electron chi connectivity index (χ4n) is 7.88. The maximum Gasteiger partial charge on any atom is 0.123 e. The van der Waals surface area contributed by atoms with E-state index in [-0.39, 0.29) is 11.2 Å². The number of benzene rings is 9. The fourth-order valence-corrected chi connectivity index (χ4v) is 7.88. The van der Waals surface area contributed by atoms with Crippen LogP contribution in [0.2, 0.25) is 0 Å². The Morgan fingerprint density at radius 3 is 1.53 bits per heavy atom. The molecule has 9 aromatic rings.